The van der Waals surface area contributed by atoms with Gasteiger partial charge in [-0.05, 0) is 18.2 Å². The van der Waals surface area contributed by atoms with Crippen molar-refractivity contribution in [3.8, 4) is 5.75 Å². The predicted molar refractivity (Wildman–Crippen MR) is 84.4 cm³/mol. The first-order valence-corrected chi connectivity index (χ1v) is 8.40. The zero-order chi connectivity index (χ0) is 15.6. The molecule has 1 aliphatic heterocycles. The molecular weight excluding hydrogens is 314 g/mol. The van der Waals surface area contributed by atoms with Crippen molar-refractivity contribution in [1.82, 2.24) is 8.61 Å². The first-order chi connectivity index (χ1) is 9.86. The van der Waals surface area contributed by atoms with Gasteiger partial charge < -0.3 is 9.64 Å². The smallest absolute Gasteiger partial charge is 0.281 e. The highest BCUT2D eigenvalue weighted by Crippen LogP contribution is 2.29. The number of ether oxygens (including phenoxy) is 1. The first-order valence-electron chi connectivity index (χ1n) is 6.62. The van der Waals surface area contributed by atoms with Gasteiger partial charge in [0.1, 0.15) is 5.75 Å². The fourth-order valence-corrected chi connectivity index (χ4v) is 3.60. The van der Waals surface area contributed by atoms with Gasteiger partial charge in [0, 0.05) is 46.0 Å². The molecule has 1 aromatic rings. The van der Waals surface area contributed by atoms with Crippen LogP contribution in [0.2, 0.25) is 5.02 Å². The molecule has 0 amide bonds. The van der Waals surface area contributed by atoms with Crippen molar-refractivity contribution in [3.63, 3.8) is 0 Å². The van der Waals surface area contributed by atoms with Crippen LogP contribution in [0, 0.1) is 0 Å². The van der Waals surface area contributed by atoms with Crippen LogP contribution in [0.4, 0.5) is 5.69 Å². The van der Waals surface area contributed by atoms with E-state index >= 15 is 0 Å². The molecule has 1 aromatic carbocycles. The molecule has 21 heavy (non-hydrogen) atoms. The number of halogens is 1. The fraction of sp³-hybridized carbons (Fsp3) is 0.538. The minimum absolute atomic E-state index is 0.462. The van der Waals surface area contributed by atoms with Crippen molar-refractivity contribution in [3.05, 3.63) is 23.2 Å². The maximum absolute atomic E-state index is 12.1. The lowest BCUT2D eigenvalue weighted by Gasteiger charge is -2.36. The van der Waals surface area contributed by atoms with E-state index in [4.69, 9.17) is 16.3 Å². The highest BCUT2D eigenvalue weighted by atomic mass is 35.5. The van der Waals surface area contributed by atoms with Crippen LogP contribution in [0.5, 0.6) is 5.75 Å². The highest BCUT2D eigenvalue weighted by Gasteiger charge is 2.28. The molecule has 8 heteroatoms. The zero-order valence-electron chi connectivity index (χ0n) is 12.4. The Balaban J connectivity index is 2.06. The largest absolute Gasteiger partial charge is 0.495 e. The van der Waals surface area contributed by atoms with Gasteiger partial charge in [0.05, 0.1) is 12.1 Å². The quantitative estimate of drug-likeness (QED) is 0.833. The molecule has 0 spiro atoms. The number of hydrogen-bond donors (Lipinski definition) is 0. The molecule has 1 heterocycles. The zero-order valence-corrected chi connectivity index (χ0v) is 14.0. The normalized spacial score (nSPS) is 17.3. The highest BCUT2D eigenvalue weighted by molar-refractivity contribution is 7.86. The molecule has 0 N–H and O–H groups in total. The number of nitrogens with zero attached hydrogens (tertiary/aromatic N) is 3. The molecule has 0 saturated carbocycles. The van der Waals surface area contributed by atoms with Gasteiger partial charge in [-0.15, -0.1) is 0 Å². The third-order valence-electron chi connectivity index (χ3n) is 3.53. The summed E-state index contributed by atoms with van der Waals surface area (Å²) in [4.78, 5) is 2.12. The maximum Gasteiger partial charge on any atom is 0.281 e. The summed E-state index contributed by atoms with van der Waals surface area (Å²) in [5, 5.41) is 0.554. The summed E-state index contributed by atoms with van der Waals surface area (Å²) in [5.41, 5.74) is 0.975. The molecule has 1 fully saturated rings. The van der Waals surface area contributed by atoms with Crippen molar-refractivity contribution < 1.29 is 13.2 Å². The van der Waals surface area contributed by atoms with Crippen molar-refractivity contribution in [2.24, 2.45) is 0 Å². The molecule has 1 aliphatic rings. The lowest BCUT2D eigenvalue weighted by atomic mass is 10.2. The van der Waals surface area contributed by atoms with Gasteiger partial charge in [-0.1, -0.05) is 11.6 Å². The molecule has 0 unspecified atom stereocenters. The van der Waals surface area contributed by atoms with Crippen LogP contribution in [0.15, 0.2) is 18.2 Å². The Labute approximate surface area is 131 Å². The van der Waals surface area contributed by atoms with E-state index in [0.29, 0.717) is 37.0 Å². The third-order valence-corrected chi connectivity index (χ3v) is 5.76. The molecular formula is C13H20ClN3O3S. The van der Waals surface area contributed by atoms with E-state index < -0.39 is 10.2 Å². The Morgan fingerprint density at radius 2 is 1.81 bits per heavy atom. The van der Waals surface area contributed by atoms with Crippen LogP contribution < -0.4 is 9.64 Å². The molecule has 0 aliphatic carbocycles. The van der Waals surface area contributed by atoms with Crippen molar-refractivity contribution in [2.45, 2.75) is 0 Å². The van der Waals surface area contributed by atoms with Crippen LogP contribution in [0.1, 0.15) is 0 Å². The predicted octanol–water partition coefficient (Wildman–Crippen LogP) is 1.28. The number of rotatable bonds is 4. The summed E-state index contributed by atoms with van der Waals surface area (Å²) >= 11 is 6.13. The monoisotopic (exact) mass is 333 g/mol. The number of benzene rings is 1. The Kier molecular flexibility index (Phi) is 4.98. The van der Waals surface area contributed by atoms with Gasteiger partial charge in [-0.3, -0.25) is 0 Å². The second-order valence-corrected chi connectivity index (χ2v) is 7.54. The van der Waals surface area contributed by atoms with Gasteiger partial charge in [0.15, 0.2) is 0 Å². The average molecular weight is 334 g/mol. The van der Waals surface area contributed by atoms with E-state index in [1.165, 1.54) is 8.61 Å². The number of hydrogen-bond acceptors (Lipinski definition) is 4. The third kappa shape index (κ3) is 3.42. The van der Waals surface area contributed by atoms with Gasteiger partial charge >= 0.3 is 0 Å². The van der Waals surface area contributed by atoms with Crippen molar-refractivity contribution >= 4 is 27.5 Å². The van der Waals surface area contributed by atoms with E-state index in [9.17, 15) is 8.42 Å². The second-order valence-electron chi connectivity index (χ2n) is 5.00. The van der Waals surface area contributed by atoms with Crippen LogP contribution >= 0.6 is 11.6 Å². The number of methoxy groups -OCH3 is 1. The molecule has 118 valence electrons. The van der Waals surface area contributed by atoms with Crippen LogP contribution in [0.25, 0.3) is 0 Å². The minimum Gasteiger partial charge on any atom is -0.495 e. The lowest BCUT2D eigenvalue weighted by molar-refractivity contribution is 0.355. The van der Waals surface area contributed by atoms with E-state index in [-0.39, 0.29) is 0 Å². The fourth-order valence-electron chi connectivity index (χ4n) is 2.26. The van der Waals surface area contributed by atoms with Crippen LogP contribution in [-0.4, -0.2) is 64.4 Å². The molecule has 6 nitrogen and oxygen atoms in total. The second kappa shape index (κ2) is 6.39. The van der Waals surface area contributed by atoms with Gasteiger partial charge in [0.2, 0.25) is 0 Å². The first kappa shape index (κ1) is 16.4. The molecule has 2 rings (SSSR count). The summed E-state index contributed by atoms with van der Waals surface area (Å²) in [5.74, 6) is 0.634. The standard InChI is InChI=1S/C13H20ClN3O3S/c1-15(2)21(18,19)17-8-6-16(7-9-17)11-4-5-13(20-3)12(14)10-11/h4-5,10H,6-9H2,1-3H3. The van der Waals surface area contributed by atoms with E-state index in [2.05, 4.69) is 4.90 Å². The van der Waals surface area contributed by atoms with Crippen molar-refractivity contribution in [2.75, 3.05) is 52.3 Å². The Morgan fingerprint density at radius 1 is 1.19 bits per heavy atom. The lowest BCUT2D eigenvalue weighted by Crippen LogP contribution is -2.51. The number of anilines is 1. The van der Waals surface area contributed by atoms with E-state index in [1.54, 1.807) is 21.2 Å². The maximum atomic E-state index is 12.1. The Bertz CT molecular complexity index is 599. The SMILES string of the molecule is COc1ccc(N2CCN(S(=O)(=O)N(C)C)CC2)cc1Cl. The topological polar surface area (TPSA) is 53.1 Å². The molecule has 1 saturated heterocycles. The van der Waals surface area contributed by atoms with E-state index in [0.717, 1.165) is 5.69 Å². The molecule has 0 radical (unpaired) electrons. The summed E-state index contributed by atoms with van der Waals surface area (Å²) in [6.45, 7) is 2.19. The minimum atomic E-state index is -3.33. The van der Waals surface area contributed by atoms with Crippen LogP contribution in [0.3, 0.4) is 0 Å². The van der Waals surface area contributed by atoms with Crippen molar-refractivity contribution in [1.29, 1.82) is 0 Å². The average Bonchev–Trinajstić information content (AvgIpc) is 2.47. The summed E-state index contributed by atoms with van der Waals surface area (Å²) in [7, 11) is 1.34. The molecule has 0 atom stereocenters. The molecule has 0 aromatic heterocycles. The Hall–Kier alpha value is -1.02. The van der Waals surface area contributed by atoms with Crippen LogP contribution in [-0.2, 0) is 10.2 Å². The van der Waals surface area contributed by atoms with Gasteiger partial charge in [-0.25, -0.2) is 0 Å². The summed E-state index contributed by atoms with van der Waals surface area (Å²) < 4.78 is 32.0. The number of piperazine rings is 1. The summed E-state index contributed by atoms with van der Waals surface area (Å²) in [6, 6.07) is 5.60. The van der Waals surface area contributed by atoms with Gasteiger partial charge in [-0.2, -0.15) is 17.0 Å². The Morgan fingerprint density at radius 3 is 2.29 bits per heavy atom. The van der Waals surface area contributed by atoms with E-state index in [1.807, 2.05) is 18.2 Å². The summed E-state index contributed by atoms with van der Waals surface area (Å²) in [6.07, 6.45) is 0. The molecule has 0 bridgehead atoms. The van der Waals surface area contributed by atoms with Gasteiger partial charge in [0.25, 0.3) is 10.2 Å².